The van der Waals surface area contributed by atoms with Crippen molar-refractivity contribution in [2.75, 3.05) is 0 Å². The first kappa shape index (κ1) is 9.76. The van der Waals surface area contributed by atoms with Crippen LogP contribution in [0.4, 0.5) is 12.9 Å². The summed E-state index contributed by atoms with van der Waals surface area (Å²) in [5.74, 6) is 0.753. The third-order valence-electron chi connectivity index (χ3n) is 1.31. The molecule has 0 spiro atoms. The van der Waals surface area contributed by atoms with E-state index in [-0.39, 0.29) is 5.98 Å². The Kier molecular flexibility index (Phi) is 2.70. The van der Waals surface area contributed by atoms with Crippen LogP contribution in [0.1, 0.15) is 11.4 Å². The molecule has 0 amide bonds. The highest BCUT2D eigenvalue weighted by Gasteiger charge is 2.16. The fourth-order valence-corrected chi connectivity index (χ4v) is 0.709. The molecule has 0 unspecified atom stereocenters. The van der Waals surface area contributed by atoms with Crippen LogP contribution >= 0.6 is 0 Å². The summed E-state index contributed by atoms with van der Waals surface area (Å²) in [6, 6.07) is 0. The standard InChI is InChI=1S/C7H7BF3N2/c1-6-12-4-7(5-13-6)2-3-8(9,10)11/h2-5H,1H3/q-1/b3-2+. The summed E-state index contributed by atoms with van der Waals surface area (Å²) in [4.78, 5) is 7.51. The number of hydrogen-bond donors (Lipinski definition) is 0. The summed E-state index contributed by atoms with van der Waals surface area (Å²) >= 11 is 0. The highest BCUT2D eigenvalue weighted by atomic mass is 19.4. The van der Waals surface area contributed by atoms with Crippen LogP contribution in [0.15, 0.2) is 18.4 Å². The molecule has 6 heteroatoms. The average molecular weight is 187 g/mol. The van der Waals surface area contributed by atoms with E-state index in [0.717, 1.165) is 6.08 Å². The molecule has 2 nitrogen and oxygen atoms in total. The Morgan fingerprint density at radius 3 is 2.23 bits per heavy atom. The maximum atomic E-state index is 11.8. The molecule has 0 aliphatic carbocycles. The molecule has 0 atom stereocenters. The van der Waals surface area contributed by atoms with Crippen LogP contribution in [0.5, 0.6) is 0 Å². The zero-order chi connectivity index (χ0) is 9.90. The number of rotatable bonds is 2. The van der Waals surface area contributed by atoms with E-state index in [4.69, 9.17) is 0 Å². The Bertz CT molecular complexity index is 305. The molecule has 0 fully saturated rings. The third kappa shape index (κ3) is 3.73. The normalized spacial score (nSPS) is 12.3. The third-order valence-corrected chi connectivity index (χ3v) is 1.31. The van der Waals surface area contributed by atoms with Crippen LogP contribution in [-0.2, 0) is 0 Å². The van der Waals surface area contributed by atoms with Crippen molar-refractivity contribution in [2.45, 2.75) is 6.92 Å². The van der Waals surface area contributed by atoms with Crippen molar-refractivity contribution in [2.24, 2.45) is 0 Å². The Morgan fingerprint density at radius 1 is 1.23 bits per heavy atom. The van der Waals surface area contributed by atoms with Gasteiger partial charge in [-0.3, -0.25) is 0 Å². The van der Waals surface area contributed by atoms with Gasteiger partial charge < -0.3 is 12.9 Å². The Hall–Kier alpha value is -1.33. The summed E-state index contributed by atoms with van der Waals surface area (Å²) in [6.45, 7) is -3.21. The first-order valence-electron chi connectivity index (χ1n) is 3.65. The minimum Gasteiger partial charge on any atom is -0.445 e. The molecule has 0 radical (unpaired) electrons. The van der Waals surface area contributed by atoms with E-state index in [1.807, 2.05) is 0 Å². The second-order valence-corrected chi connectivity index (χ2v) is 2.55. The lowest BCUT2D eigenvalue weighted by atomic mass is 9.91. The summed E-state index contributed by atoms with van der Waals surface area (Å²) in [5, 5.41) is 0. The summed E-state index contributed by atoms with van der Waals surface area (Å²) in [5.41, 5.74) is 0.352. The molecule has 1 rings (SSSR count). The zero-order valence-electron chi connectivity index (χ0n) is 6.92. The van der Waals surface area contributed by atoms with Gasteiger partial charge >= 0.3 is 6.98 Å². The van der Waals surface area contributed by atoms with Gasteiger partial charge in [-0.25, -0.2) is 9.97 Å². The molecule has 1 heterocycles. The van der Waals surface area contributed by atoms with Gasteiger partial charge in [0.05, 0.1) is 0 Å². The molecule has 0 saturated carbocycles. The van der Waals surface area contributed by atoms with Gasteiger partial charge in [0.1, 0.15) is 5.82 Å². The second kappa shape index (κ2) is 3.59. The zero-order valence-corrected chi connectivity index (χ0v) is 6.92. The SMILES string of the molecule is Cc1ncc(/C=C/[B-](F)(F)F)cn1. The summed E-state index contributed by atoms with van der Waals surface area (Å²) in [7, 11) is 0. The van der Waals surface area contributed by atoms with Gasteiger partial charge in [0, 0.05) is 18.0 Å². The van der Waals surface area contributed by atoms with Gasteiger partial charge in [-0.15, -0.1) is 5.98 Å². The van der Waals surface area contributed by atoms with E-state index in [0.29, 0.717) is 11.4 Å². The molecule has 0 N–H and O–H groups in total. The van der Waals surface area contributed by atoms with E-state index < -0.39 is 6.98 Å². The van der Waals surface area contributed by atoms with Gasteiger partial charge in [0.25, 0.3) is 0 Å². The molecule has 70 valence electrons. The van der Waals surface area contributed by atoms with Gasteiger partial charge in [-0.05, 0) is 6.92 Å². The molecule has 0 aliphatic heterocycles. The number of aromatic nitrogens is 2. The van der Waals surface area contributed by atoms with Crippen LogP contribution in [0.3, 0.4) is 0 Å². The molecular weight excluding hydrogens is 180 g/mol. The van der Waals surface area contributed by atoms with Gasteiger partial charge in [0.2, 0.25) is 0 Å². The molecule has 1 aromatic rings. The van der Waals surface area contributed by atoms with Crippen molar-refractivity contribution in [3.8, 4) is 0 Å². The smallest absolute Gasteiger partial charge is 0.445 e. The predicted octanol–water partition coefficient (Wildman–Crippen LogP) is 2.18. The first-order chi connectivity index (χ1) is 5.97. The molecule has 0 saturated heterocycles. The van der Waals surface area contributed by atoms with Crippen molar-refractivity contribution >= 4 is 13.1 Å². The van der Waals surface area contributed by atoms with Gasteiger partial charge in [-0.2, -0.15) is 0 Å². The quantitative estimate of drug-likeness (QED) is 0.663. The van der Waals surface area contributed by atoms with E-state index in [9.17, 15) is 12.9 Å². The van der Waals surface area contributed by atoms with Crippen molar-refractivity contribution in [3.63, 3.8) is 0 Å². The Labute approximate surface area is 73.6 Å². The average Bonchev–Trinajstić information content (AvgIpc) is 2.02. The highest BCUT2D eigenvalue weighted by Crippen LogP contribution is 2.11. The first-order valence-corrected chi connectivity index (χ1v) is 3.65. The summed E-state index contributed by atoms with van der Waals surface area (Å²) < 4.78 is 35.3. The number of aryl methyl sites for hydroxylation is 1. The van der Waals surface area contributed by atoms with Crippen LogP contribution < -0.4 is 0 Å². The maximum absolute atomic E-state index is 11.8. The fraction of sp³-hybridized carbons (Fsp3) is 0.143. The predicted molar refractivity (Wildman–Crippen MR) is 44.9 cm³/mol. The lowest BCUT2D eigenvalue weighted by Gasteiger charge is -2.05. The molecule has 0 aliphatic rings. The van der Waals surface area contributed by atoms with E-state index >= 15 is 0 Å². The topological polar surface area (TPSA) is 25.8 Å². The highest BCUT2D eigenvalue weighted by molar-refractivity contribution is 6.64. The van der Waals surface area contributed by atoms with E-state index in [1.54, 1.807) is 6.92 Å². The maximum Gasteiger partial charge on any atom is 0.502 e. The van der Waals surface area contributed by atoms with Gasteiger partial charge in [-0.1, -0.05) is 6.08 Å². The Morgan fingerprint density at radius 2 is 1.77 bits per heavy atom. The van der Waals surface area contributed by atoms with Crippen LogP contribution in [0.2, 0.25) is 0 Å². The van der Waals surface area contributed by atoms with E-state index in [2.05, 4.69) is 9.97 Å². The number of halogens is 3. The molecular formula is C7H7BF3N2-. The van der Waals surface area contributed by atoms with Crippen molar-refractivity contribution in [1.82, 2.24) is 9.97 Å². The molecule has 1 aromatic heterocycles. The Balaban J connectivity index is 2.75. The monoisotopic (exact) mass is 187 g/mol. The minimum atomic E-state index is -4.87. The summed E-state index contributed by atoms with van der Waals surface area (Å²) in [6.07, 6.45) is 3.65. The lowest BCUT2D eigenvalue weighted by Crippen LogP contribution is -2.09. The van der Waals surface area contributed by atoms with Crippen LogP contribution in [-0.4, -0.2) is 16.9 Å². The molecule has 0 bridgehead atoms. The van der Waals surface area contributed by atoms with Crippen molar-refractivity contribution in [1.29, 1.82) is 0 Å². The van der Waals surface area contributed by atoms with Crippen LogP contribution in [0.25, 0.3) is 6.08 Å². The van der Waals surface area contributed by atoms with Crippen molar-refractivity contribution in [3.05, 3.63) is 29.8 Å². The molecule has 13 heavy (non-hydrogen) atoms. The second-order valence-electron chi connectivity index (χ2n) is 2.55. The minimum absolute atomic E-state index is 0.216. The number of hydrogen-bond acceptors (Lipinski definition) is 2. The lowest BCUT2D eigenvalue weighted by molar-refractivity contribution is 0.499. The largest absolute Gasteiger partial charge is 0.502 e. The fourth-order valence-electron chi connectivity index (χ4n) is 0.709. The number of nitrogens with zero attached hydrogens (tertiary/aromatic N) is 2. The van der Waals surface area contributed by atoms with Gasteiger partial charge in [0.15, 0.2) is 0 Å². The van der Waals surface area contributed by atoms with Crippen LogP contribution in [0, 0.1) is 6.92 Å². The van der Waals surface area contributed by atoms with E-state index in [1.165, 1.54) is 12.4 Å². The van der Waals surface area contributed by atoms with Crippen molar-refractivity contribution < 1.29 is 12.9 Å². The molecule has 0 aromatic carbocycles.